The van der Waals surface area contributed by atoms with E-state index < -0.39 is 6.10 Å². The molecule has 3 nitrogen and oxygen atoms in total. The molecular weight excluding hydrogens is 214 g/mol. The van der Waals surface area contributed by atoms with E-state index in [1.165, 1.54) is 5.56 Å². The van der Waals surface area contributed by atoms with Crippen LogP contribution < -0.4 is 10.5 Å². The summed E-state index contributed by atoms with van der Waals surface area (Å²) in [7, 11) is 1.66. The summed E-state index contributed by atoms with van der Waals surface area (Å²) in [6, 6.07) is 7.82. The average molecular weight is 237 g/mol. The van der Waals surface area contributed by atoms with Crippen LogP contribution in [-0.4, -0.2) is 24.4 Å². The molecule has 3 atom stereocenters. The highest BCUT2D eigenvalue weighted by Gasteiger charge is 2.17. The normalized spacial score (nSPS) is 16.3. The monoisotopic (exact) mass is 237 g/mol. The van der Waals surface area contributed by atoms with E-state index in [4.69, 9.17) is 10.5 Å². The second kappa shape index (κ2) is 6.62. The summed E-state index contributed by atoms with van der Waals surface area (Å²) in [6.45, 7) is 4.09. The van der Waals surface area contributed by atoms with Gasteiger partial charge in [-0.25, -0.2) is 0 Å². The Hall–Kier alpha value is -1.06. The predicted molar refractivity (Wildman–Crippen MR) is 70.3 cm³/mol. The molecular formula is C14H23NO2. The topological polar surface area (TPSA) is 55.5 Å². The van der Waals surface area contributed by atoms with Crippen molar-refractivity contribution in [2.45, 2.75) is 44.8 Å². The first-order chi connectivity index (χ1) is 8.08. The Labute approximate surface area is 104 Å². The molecule has 1 aromatic carbocycles. The highest BCUT2D eigenvalue weighted by atomic mass is 16.5. The Bertz CT molecular complexity index is 341. The minimum absolute atomic E-state index is 0.136. The zero-order valence-corrected chi connectivity index (χ0v) is 10.9. The minimum atomic E-state index is -0.443. The van der Waals surface area contributed by atoms with Crippen LogP contribution in [0.15, 0.2) is 24.3 Å². The molecule has 0 saturated heterocycles. The smallest absolute Gasteiger partial charge is 0.119 e. The Balaban J connectivity index is 2.65. The summed E-state index contributed by atoms with van der Waals surface area (Å²) in [4.78, 5) is 0. The van der Waals surface area contributed by atoms with Crippen LogP contribution >= 0.6 is 0 Å². The molecule has 3 heteroatoms. The van der Waals surface area contributed by atoms with Crippen molar-refractivity contribution >= 4 is 0 Å². The molecule has 3 unspecified atom stereocenters. The lowest BCUT2D eigenvalue weighted by Gasteiger charge is -2.21. The fourth-order valence-corrected chi connectivity index (χ4v) is 1.89. The van der Waals surface area contributed by atoms with E-state index in [1.54, 1.807) is 7.11 Å². The van der Waals surface area contributed by atoms with Gasteiger partial charge in [0, 0.05) is 6.04 Å². The van der Waals surface area contributed by atoms with E-state index in [2.05, 4.69) is 13.0 Å². The summed E-state index contributed by atoms with van der Waals surface area (Å²) in [5.74, 6) is 1.13. The fraction of sp³-hybridized carbons (Fsp3) is 0.571. The van der Waals surface area contributed by atoms with Crippen molar-refractivity contribution in [3.63, 3.8) is 0 Å². The Kier molecular flexibility index (Phi) is 5.45. The first-order valence-electron chi connectivity index (χ1n) is 6.16. The largest absolute Gasteiger partial charge is 0.497 e. The van der Waals surface area contributed by atoms with Gasteiger partial charge >= 0.3 is 0 Å². The minimum Gasteiger partial charge on any atom is -0.497 e. The molecule has 0 aromatic heterocycles. The van der Waals surface area contributed by atoms with Crippen LogP contribution in [0.5, 0.6) is 5.75 Å². The lowest BCUT2D eigenvalue weighted by atomic mass is 9.92. The predicted octanol–water partition coefficient (Wildman–Crippen LogP) is 2.29. The standard InChI is InChI=1S/C14H23NO2/c1-4-13(15)14(16)8-10(2)11-6-5-7-12(9-11)17-3/h5-7,9-10,13-14,16H,4,8,15H2,1-3H3. The lowest BCUT2D eigenvalue weighted by molar-refractivity contribution is 0.126. The molecule has 0 fully saturated rings. The zero-order chi connectivity index (χ0) is 12.8. The molecule has 96 valence electrons. The Morgan fingerprint density at radius 2 is 2.12 bits per heavy atom. The highest BCUT2D eigenvalue weighted by Crippen LogP contribution is 2.25. The van der Waals surface area contributed by atoms with Gasteiger partial charge < -0.3 is 15.6 Å². The second-order valence-corrected chi connectivity index (χ2v) is 4.55. The molecule has 0 spiro atoms. The van der Waals surface area contributed by atoms with E-state index in [0.29, 0.717) is 6.42 Å². The summed E-state index contributed by atoms with van der Waals surface area (Å²) < 4.78 is 5.19. The van der Waals surface area contributed by atoms with Gasteiger partial charge in [0.05, 0.1) is 13.2 Å². The van der Waals surface area contributed by atoms with E-state index in [1.807, 2.05) is 25.1 Å². The Morgan fingerprint density at radius 1 is 1.41 bits per heavy atom. The average Bonchev–Trinajstić information content (AvgIpc) is 2.37. The highest BCUT2D eigenvalue weighted by molar-refractivity contribution is 5.30. The van der Waals surface area contributed by atoms with Crippen molar-refractivity contribution < 1.29 is 9.84 Å². The van der Waals surface area contributed by atoms with Crippen LogP contribution in [0.2, 0.25) is 0 Å². The molecule has 17 heavy (non-hydrogen) atoms. The molecule has 0 aliphatic rings. The number of hydrogen-bond donors (Lipinski definition) is 2. The molecule has 0 aliphatic carbocycles. The van der Waals surface area contributed by atoms with Crippen molar-refractivity contribution in [2.75, 3.05) is 7.11 Å². The summed E-state index contributed by atoms with van der Waals surface area (Å²) in [6.07, 6.45) is 1.04. The molecule has 0 heterocycles. The van der Waals surface area contributed by atoms with Gasteiger partial charge in [-0.3, -0.25) is 0 Å². The SMILES string of the molecule is CCC(N)C(O)CC(C)c1cccc(OC)c1. The van der Waals surface area contributed by atoms with Crippen molar-refractivity contribution in [1.29, 1.82) is 0 Å². The van der Waals surface area contributed by atoms with E-state index in [0.717, 1.165) is 12.2 Å². The maximum absolute atomic E-state index is 9.92. The van der Waals surface area contributed by atoms with Gasteiger partial charge in [0.15, 0.2) is 0 Å². The van der Waals surface area contributed by atoms with Crippen LogP contribution in [0.4, 0.5) is 0 Å². The molecule has 0 radical (unpaired) electrons. The van der Waals surface area contributed by atoms with Crippen molar-refractivity contribution in [1.82, 2.24) is 0 Å². The van der Waals surface area contributed by atoms with Gasteiger partial charge in [-0.1, -0.05) is 26.0 Å². The number of hydrogen-bond acceptors (Lipinski definition) is 3. The summed E-state index contributed by atoms with van der Waals surface area (Å²) in [5.41, 5.74) is 7.00. The molecule has 0 amide bonds. The quantitative estimate of drug-likeness (QED) is 0.798. The van der Waals surface area contributed by atoms with E-state index >= 15 is 0 Å². The van der Waals surface area contributed by atoms with E-state index in [-0.39, 0.29) is 12.0 Å². The fourth-order valence-electron chi connectivity index (χ4n) is 1.89. The van der Waals surface area contributed by atoms with Crippen molar-refractivity contribution in [2.24, 2.45) is 5.73 Å². The van der Waals surface area contributed by atoms with E-state index in [9.17, 15) is 5.11 Å². The van der Waals surface area contributed by atoms with Gasteiger partial charge in [-0.05, 0) is 36.5 Å². The van der Waals surface area contributed by atoms with Crippen LogP contribution in [0, 0.1) is 0 Å². The first-order valence-corrected chi connectivity index (χ1v) is 6.16. The van der Waals surface area contributed by atoms with Crippen LogP contribution in [0.25, 0.3) is 0 Å². The van der Waals surface area contributed by atoms with Gasteiger partial charge in [0.2, 0.25) is 0 Å². The Morgan fingerprint density at radius 3 is 2.71 bits per heavy atom. The van der Waals surface area contributed by atoms with Gasteiger partial charge in [-0.15, -0.1) is 0 Å². The number of methoxy groups -OCH3 is 1. The van der Waals surface area contributed by atoms with Crippen molar-refractivity contribution in [3.8, 4) is 5.75 Å². The number of ether oxygens (including phenoxy) is 1. The zero-order valence-electron chi connectivity index (χ0n) is 10.9. The number of benzene rings is 1. The van der Waals surface area contributed by atoms with Crippen LogP contribution in [0.3, 0.4) is 0 Å². The molecule has 0 saturated carbocycles. The third-order valence-corrected chi connectivity index (χ3v) is 3.22. The molecule has 0 bridgehead atoms. The maximum Gasteiger partial charge on any atom is 0.119 e. The third-order valence-electron chi connectivity index (χ3n) is 3.22. The lowest BCUT2D eigenvalue weighted by Crippen LogP contribution is -2.34. The van der Waals surface area contributed by atoms with Gasteiger partial charge in [-0.2, -0.15) is 0 Å². The molecule has 1 rings (SSSR count). The number of rotatable bonds is 6. The molecule has 0 aliphatic heterocycles. The summed E-state index contributed by atoms with van der Waals surface area (Å²) in [5, 5.41) is 9.92. The van der Waals surface area contributed by atoms with Crippen LogP contribution in [-0.2, 0) is 0 Å². The first kappa shape index (κ1) is 14.0. The van der Waals surface area contributed by atoms with Crippen molar-refractivity contribution in [3.05, 3.63) is 29.8 Å². The second-order valence-electron chi connectivity index (χ2n) is 4.55. The number of aliphatic hydroxyl groups is 1. The summed E-state index contributed by atoms with van der Waals surface area (Å²) >= 11 is 0. The molecule has 3 N–H and O–H groups in total. The number of aliphatic hydroxyl groups excluding tert-OH is 1. The van der Waals surface area contributed by atoms with Gasteiger partial charge in [0.25, 0.3) is 0 Å². The van der Waals surface area contributed by atoms with Gasteiger partial charge in [0.1, 0.15) is 5.75 Å². The number of nitrogens with two attached hydrogens (primary N) is 1. The van der Waals surface area contributed by atoms with Crippen LogP contribution in [0.1, 0.15) is 38.2 Å². The maximum atomic E-state index is 9.92. The molecule has 1 aromatic rings. The third kappa shape index (κ3) is 4.02.